The van der Waals surface area contributed by atoms with Gasteiger partial charge in [0.25, 0.3) is 0 Å². The first-order chi connectivity index (χ1) is 9.00. The predicted octanol–water partition coefficient (Wildman–Crippen LogP) is 5.99. The van der Waals surface area contributed by atoms with Gasteiger partial charge in [0.15, 0.2) is 0 Å². The van der Waals surface area contributed by atoms with Gasteiger partial charge in [-0.2, -0.15) is 0 Å². The molecule has 0 aromatic rings. The van der Waals surface area contributed by atoms with Crippen molar-refractivity contribution >= 4 is 0 Å². The quantitative estimate of drug-likeness (QED) is 0.514. The molecule has 0 unspecified atom stereocenters. The highest BCUT2D eigenvalue weighted by Gasteiger charge is 1.94. The van der Waals surface area contributed by atoms with Crippen LogP contribution in [0.3, 0.4) is 0 Å². The van der Waals surface area contributed by atoms with Crippen molar-refractivity contribution in [3.63, 3.8) is 0 Å². The van der Waals surface area contributed by atoms with E-state index in [4.69, 9.17) is 4.74 Å². The summed E-state index contributed by atoms with van der Waals surface area (Å²) in [5.74, 6) is 0. The average molecular weight is 252 g/mol. The summed E-state index contributed by atoms with van der Waals surface area (Å²) in [6, 6.07) is 0. The SMILES string of the molecule is C1=COCCCCCCCCCCCCCCC1. The molecule has 18 heavy (non-hydrogen) atoms. The minimum atomic E-state index is 0.913. The van der Waals surface area contributed by atoms with Gasteiger partial charge in [0.1, 0.15) is 0 Å². The summed E-state index contributed by atoms with van der Waals surface area (Å²) in [5.41, 5.74) is 0. The lowest BCUT2D eigenvalue weighted by Gasteiger charge is -2.04. The number of hydrogen-bond acceptors (Lipinski definition) is 1. The van der Waals surface area contributed by atoms with E-state index in [1.165, 1.54) is 89.9 Å². The van der Waals surface area contributed by atoms with Gasteiger partial charge >= 0.3 is 0 Å². The van der Waals surface area contributed by atoms with Gasteiger partial charge in [0.05, 0.1) is 12.9 Å². The molecule has 0 aliphatic carbocycles. The predicted molar refractivity (Wildman–Crippen MR) is 79.7 cm³/mol. The maximum Gasteiger partial charge on any atom is 0.0873 e. The Hall–Kier alpha value is -0.460. The lowest BCUT2D eigenvalue weighted by atomic mass is 10.0. The van der Waals surface area contributed by atoms with Gasteiger partial charge in [-0.25, -0.2) is 0 Å². The molecule has 0 aromatic heterocycles. The Labute approximate surface area is 114 Å². The molecule has 0 bridgehead atoms. The van der Waals surface area contributed by atoms with Crippen molar-refractivity contribution in [2.24, 2.45) is 0 Å². The Balaban J connectivity index is 2.06. The molecule has 0 atom stereocenters. The molecule has 1 heteroatoms. The van der Waals surface area contributed by atoms with Gasteiger partial charge in [-0.3, -0.25) is 0 Å². The van der Waals surface area contributed by atoms with Crippen LogP contribution < -0.4 is 0 Å². The van der Waals surface area contributed by atoms with E-state index in [1.54, 1.807) is 0 Å². The Bertz CT molecular complexity index is 166. The second-order valence-corrected chi connectivity index (χ2v) is 5.63. The molecule has 0 amide bonds. The fourth-order valence-electron chi connectivity index (χ4n) is 2.60. The highest BCUT2D eigenvalue weighted by Crippen LogP contribution is 2.13. The largest absolute Gasteiger partial charge is 0.502 e. The summed E-state index contributed by atoms with van der Waals surface area (Å²) < 4.78 is 5.50. The fraction of sp³-hybridized carbons (Fsp3) is 0.882. The normalized spacial score (nSPS) is 22.7. The Morgan fingerprint density at radius 1 is 0.500 bits per heavy atom. The van der Waals surface area contributed by atoms with Crippen molar-refractivity contribution in [1.82, 2.24) is 0 Å². The zero-order valence-corrected chi connectivity index (χ0v) is 12.2. The van der Waals surface area contributed by atoms with Crippen LogP contribution in [0.25, 0.3) is 0 Å². The maximum atomic E-state index is 5.50. The zero-order valence-electron chi connectivity index (χ0n) is 12.2. The van der Waals surface area contributed by atoms with Gasteiger partial charge < -0.3 is 4.74 Å². The van der Waals surface area contributed by atoms with Crippen LogP contribution in [0.1, 0.15) is 89.9 Å². The smallest absolute Gasteiger partial charge is 0.0873 e. The number of ether oxygens (including phenoxy) is 1. The number of rotatable bonds is 0. The van der Waals surface area contributed by atoms with Crippen molar-refractivity contribution in [3.05, 3.63) is 12.3 Å². The van der Waals surface area contributed by atoms with Crippen LogP contribution in [-0.2, 0) is 4.74 Å². The number of allylic oxidation sites excluding steroid dienone is 1. The molecule has 0 N–H and O–H groups in total. The summed E-state index contributed by atoms with van der Waals surface area (Å²) in [7, 11) is 0. The van der Waals surface area contributed by atoms with Crippen LogP contribution in [0.5, 0.6) is 0 Å². The topological polar surface area (TPSA) is 9.23 Å². The molecule has 0 saturated carbocycles. The van der Waals surface area contributed by atoms with Gasteiger partial charge in [-0.1, -0.05) is 70.6 Å². The molecular weight excluding hydrogens is 220 g/mol. The standard InChI is InChI=1S/C17H32O/c1-2-4-6-8-10-12-14-16-18-17-15-13-11-9-7-5-3-1/h14,16H,1-13,15,17H2. The molecule has 1 heterocycles. The third-order valence-electron chi connectivity index (χ3n) is 3.83. The summed E-state index contributed by atoms with van der Waals surface area (Å²) in [6.45, 7) is 0.913. The van der Waals surface area contributed by atoms with E-state index in [0.717, 1.165) is 6.61 Å². The van der Waals surface area contributed by atoms with Crippen LogP contribution in [0.2, 0.25) is 0 Å². The number of hydrogen-bond donors (Lipinski definition) is 0. The summed E-state index contributed by atoms with van der Waals surface area (Å²) in [6.07, 6.45) is 23.6. The van der Waals surface area contributed by atoms with E-state index in [2.05, 4.69) is 6.08 Å². The van der Waals surface area contributed by atoms with E-state index in [9.17, 15) is 0 Å². The maximum absolute atomic E-state index is 5.50. The van der Waals surface area contributed by atoms with Gasteiger partial charge in [0.2, 0.25) is 0 Å². The third kappa shape index (κ3) is 10.7. The van der Waals surface area contributed by atoms with E-state index in [1.807, 2.05) is 6.26 Å². The van der Waals surface area contributed by atoms with E-state index in [0.29, 0.717) is 0 Å². The highest BCUT2D eigenvalue weighted by atomic mass is 16.5. The second-order valence-electron chi connectivity index (χ2n) is 5.63. The first-order valence-electron chi connectivity index (χ1n) is 8.27. The summed E-state index contributed by atoms with van der Waals surface area (Å²) in [4.78, 5) is 0. The molecule has 0 fully saturated rings. The van der Waals surface area contributed by atoms with Crippen molar-refractivity contribution in [2.75, 3.05) is 6.61 Å². The Morgan fingerprint density at radius 2 is 0.944 bits per heavy atom. The molecule has 0 saturated heterocycles. The van der Waals surface area contributed by atoms with Crippen LogP contribution in [0.15, 0.2) is 12.3 Å². The average Bonchev–Trinajstić information content (AvgIpc) is 2.39. The molecule has 1 aliphatic heterocycles. The third-order valence-corrected chi connectivity index (χ3v) is 3.83. The Morgan fingerprint density at radius 3 is 1.50 bits per heavy atom. The first kappa shape index (κ1) is 15.6. The van der Waals surface area contributed by atoms with Crippen LogP contribution in [0, 0.1) is 0 Å². The van der Waals surface area contributed by atoms with Crippen molar-refractivity contribution in [2.45, 2.75) is 89.9 Å². The molecule has 0 radical (unpaired) electrons. The molecule has 1 aliphatic rings. The molecule has 0 spiro atoms. The van der Waals surface area contributed by atoms with Gasteiger partial charge in [-0.15, -0.1) is 0 Å². The monoisotopic (exact) mass is 252 g/mol. The van der Waals surface area contributed by atoms with Gasteiger partial charge in [-0.05, 0) is 25.3 Å². The van der Waals surface area contributed by atoms with Crippen LogP contribution in [-0.4, -0.2) is 6.61 Å². The summed E-state index contributed by atoms with van der Waals surface area (Å²) >= 11 is 0. The van der Waals surface area contributed by atoms with Gasteiger partial charge in [0, 0.05) is 0 Å². The van der Waals surface area contributed by atoms with Crippen molar-refractivity contribution < 1.29 is 4.74 Å². The van der Waals surface area contributed by atoms with Crippen molar-refractivity contribution in [3.8, 4) is 0 Å². The summed E-state index contributed by atoms with van der Waals surface area (Å²) in [5, 5.41) is 0. The van der Waals surface area contributed by atoms with E-state index < -0.39 is 0 Å². The lowest BCUT2D eigenvalue weighted by Crippen LogP contribution is -1.89. The molecule has 0 aromatic carbocycles. The second kappa shape index (κ2) is 13.0. The highest BCUT2D eigenvalue weighted by molar-refractivity contribution is 4.73. The zero-order chi connectivity index (χ0) is 12.7. The van der Waals surface area contributed by atoms with E-state index in [-0.39, 0.29) is 0 Å². The van der Waals surface area contributed by atoms with Crippen LogP contribution in [0.4, 0.5) is 0 Å². The van der Waals surface area contributed by atoms with E-state index >= 15 is 0 Å². The Kier molecular flexibility index (Phi) is 11.2. The molecular formula is C17H32O. The molecule has 1 rings (SSSR count). The van der Waals surface area contributed by atoms with Crippen molar-refractivity contribution in [1.29, 1.82) is 0 Å². The first-order valence-corrected chi connectivity index (χ1v) is 8.27. The fourth-order valence-corrected chi connectivity index (χ4v) is 2.60. The lowest BCUT2D eigenvalue weighted by molar-refractivity contribution is 0.239. The van der Waals surface area contributed by atoms with Crippen LogP contribution >= 0.6 is 0 Å². The molecule has 1 nitrogen and oxygen atoms in total. The minimum Gasteiger partial charge on any atom is -0.502 e. The minimum absolute atomic E-state index is 0.913. The molecule has 106 valence electrons.